The molecule has 0 aliphatic carbocycles. The lowest BCUT2D eigenvalue weighted by Crippen LogP contribution is -2.37. The van der Waals surface area contributed by atoms with Crippen LogP contribution in [0.2, 0.25) is 0 Å². The Morgan fingerprint density at radius 2 is 2.00 bits per heavy atom. The maximum absolute atomic E-state index is 13.1. The van der Waals surface area contributed by atoms with Crippen molar-refractivity contribution in [2.45, 2.75) is 6.92 Å². The second-order valence-corrected chi connectivity index (χ2v) is 6.65. The minimum atomic E-state index is -3.79. The lowest BCUT2D eigenvalue weighted by molar-refractivity contribution is -0.114. The second-order valence-electron chi connectivity index (χ2n) is 4.74. The van der Waals surface area contributed by atoms with Crippen molar-refractivity contribution in [2.75, 3.05) is 22.4 Å². The molecule has 0 bridgehead atoms. The molecule has 23 heavy (non-hydrogen) atoms. The molecule has 1 heterocycles. The number of carbonyl (C=O) groups excluding carboxylic acids is 1. The van der Waals surface area contributed by atoms with Crippen molar-refractivity contribution < 1.29 is 26.5 Å². The van der Waals surface area contributed by atoms with Gasteiger partial charge in [0, 0.05) is 17.8 Å². The standard InChI is InChI=1S/C13H13F2N3O4S/c1-8-5-12(17-22-8)18(23(2,20)21)7-13(19)16-9-3-4-10(14)11(15)6-9/h3-6H,7H2,1-2H3,(H,16,19). The monoisotopic (exact) mass is 345 g/mol. The van der Waals surface area contributed by atoms with Gasteiger partial charge in [-0.2, -0.15) is 0 Å². The summed E-state index contributed by atoms with van der Waals surface area (Å²) >= 11 is 0. The van der Waals surface area contributed by atoms with E-state index in [4.69, 9.17) is 4.52 Å². The van der Waals surface area contributed by atoms with Gasteiger partial charge in [-0.15, -0.1) is 0 Å². The van der Waals surface area contributed by atoms with Crippen molar-refractivity contribution in [3.63, 3.8) is 0 Å². The van der Waals surface area contributed by atoms with Crippen LogP contribution in [0.4, 0.5) is 20.3 Å². The third-order valence-corrected chi connectivity index (χ3v) is 3.88. The van der Waals surface area contributed by atoms with Crippen LogP contribution in [-0.4, -0.2) is 32.3 Å². The van der Waals surface area contributed by atoms with Gasteiger partial charge in [-0.05, 0) is 19.1 Å². The fourth-order valence-electron chi connectivity index (χ4n) is 1.74. The van der Waals surface area contributed by atoms with Crippen LogP contribution in [0.15, 0.2) is 28.8 Å². The predicted molar refractivity (Wildman–Crippen MR) is 78.4 cm³/mol. The number of carbonyl (C=O) groups is 1. The normalized spacial score (nSPS) is 11.3. The summed E-state index contributed by atoms with van der Waals surface area (Å²) < 4.78 is 55.0. The first-order valence-electron chi connectivity index (χ1n) is 6.33. The highest BCUT2D eigenvalue weighted by Crippen LogP contribution is 2.18. The quantitative estimate of drug-likeness (QED) is 0.890. The van der Waals surface area contributed by atoms with Gasteiger partial charge in [0.15, 0.2) is 17.5 Å². The number of aryl methyl sites for hydroxylation is 1. The van der Waals surface area contributed by atoms with Crippen LogP contribution in [0.25, 0.3) is 0 Å². The van der Waals surface area contributed by atoms with Crippen LogP contribution < -0.4 is 9.62 Å². The Labute approximate surface area is 130 Å². The van der Waals surface area contributed by atoms with Crippen LogP contribution >= 0.6 is 0 Å². The number of hydrogen-bond donors (Lipinski definition) is 1. The molecule has 0 aliphatic heterocycles. The van der Waals surface area contributed by atoms with Gasteiger partial charge in [-0.1, -0.05) is 5.16 Å². The smallest absolute Gasteiger partial charge is 0.245 e. The first-order chi connectivity index (χ1) is 10.7. The summed E-state index contributed by atoms with van der Waals surface area (Å²) in [5.41, 5.74) is -0.00122. The Morgan fingerprint density at radius 3 is 2.52 bits per heavy atom. The van der Waals surface area contributed by atoms with Crippen molar-refractivity contribution in [3.05, 3.63) is 41.7 Å². The van der Waals surface area contributed by atoms with Gasteiger partial charge in [0.05, 0.1) is 6.26 Å². The maximum Gasteiger partial charge on any atom is 0.245 e. The lowest BCUT2D eigenvalue weighted by Gasteiger charge is -2.18. The summed E-state index contributed by atoms with van der Waals surface area (Å²) in [7, 11) is -3.79. The maximum atomic E-state index is 13.1. The Balaban J connectivity index is 2.16. The van der Waals surface area contributed by atoms with E-state index >= 15 is 0 Å². The molecule has 7 nitrogen and oxygen atoms in total. The molecule has 0 atom stereocenters. The first kappa shape index (κ1) is 16.9. The van der Waals surface area contributed by atoms with Gasteiger partial charge < -0.3 is 9.84 Å². The molecule has 2 rings (SSSR count). The Bertz CT molecular complexity index is 835. The Hall–Kier alpha value is -2.49. The van der Waals surface area contributed by atoms with Crippen molar-refractivity contribution in [1.29, 1.82) is 0 Å². The zero-order chi connectivity index (χ0) is 17.2. The van der Waals surface area contributed by atoms with E-state index < -0.39 is 34.1 Å². The number of halogens is 2. The van der Waals surface area contributed by atoms with E-state index in [1.807, 2.05) is 0 Å². The third kappa shape index (κ3) is 4.25. The zero-order valence-corrected chi connectivity index (χ0v) is 13.0. The molecule has 0 saturated carbocycles. The van der Waals surface area contributed by atoms with Crippen LogP contribution in [0, 0.1) is 18.6 Å². The van der Waals surface area contributed by atoms with E-state index in [0.717, 1.165) is 28.8 Å². The summed E-state index contributed by atoms with van der Waals surface area (Å²) in [6, 6.07) is 4.14. The molecule has 0 radical (unpaired) electrons. The molecule has 2 aromatic rings. The highest BCUT2D eigenvalue weighted by atomic mass is 32.2. The lowest BCUT2D eigenvalue weighted by atomic mass is 10.3. The summed E-state index contributed by atoms with van der Waals surface area (Å²) in [5, 5.41) is 5.83. The fraction of sp³-hybridized carbons (Fsp3) is 0.231. The molecular formula is C13H13F2N3O4S. The van der Waals surface area contributed by atoms with Crippen LogP contribution in [-0.2, 0) is 14.8 Å². The third-order valence-electron chi connectivity index (χ3n) is 2.76. The first-order valence-corrected chi connectivity index (χ1v) is 8.17. The number of sulfonamides is 1. The number of hydrogen-bond acceptors (Lipinski definition) is 5. The van der Waals surface area contributed by atoms with E-state index in [-0.39, 0.29) is 11.5 Å². The minimum absolute atomic E-state index is 0.00122. The molecule has 0 unspecified atom stereocenters. The van der Waals surface area contributed by atoms with Crippen LogP contribution in [0.5, 0.6) is 0 Å². The van der Waals surface area contributed by atoms with Gasteiger partial charge in [0.1, 0.15) is 12.3 Å². The number of nitrogens with zero attached hydrogens (tertiary/aromatic N) is 2. The van der Waals surface area contributed by atoms with Crippen LogP contribution in [0.1, 0.15) is 5.76 Å². The Kier molecular flexibility index (Phi) is 4.64. The summed E-state index contributed by atoms with van der Waals surface area (Å²) in [4.78, 5) is 12.0. The minimum Gasteiger partial charge on any atom is -0.360 e. The predicted octanol–water partition coefficient (Wildman–Crippen LogP) is 1.67. The SMILES string of the molecule is Cc1cc(N(CC(=O)Nc2ccc(F)c(F)c2)S(C)(=O)=O)no1. The van der Waals surface area contributed by atoms with Gasteiger partial charge >= 0.3 is 0 Å². The number of aromatic nitrogens is 1. The molecule has 0 aliphatic rings. The number of amides is 1. The topological polar surface area (TPSA) is 92.5 Å². The van der Waals surface area contributed by atoms with Crippen molar-refractivity contribution in [1.82, 2.24) is 5.16 Å². The zero-order valence-electron chi connectivity index (χ0n) is 12.2. The fourth-order valence-corrected chi connectivity index (χ4v) is 2.52. The average molecular weight is 345 g/mol. The van der Waals surface area contributed by atoms with Crippen molar-refractivity contribution in [2.24, 2.45) is 0 Å². The van der Waals surface area contributed by atoms with Gasteiger partial charge in [0.2, 0.25) is 15.9 Å². The number of nitrogens with one attached hydrogen (secondary N) is 1. The van der Waals surface area contributed by atoms with E-state index in [1.54, 1.807) is 6.92 Å². The largest absolute Gasteiger partial charge is 0.360 e. The number of benzene rings is 1. The van der Waals surface area contributed by atoms with Crippen molar-refractivity contribution in [3.8, 4) is 0 Å². The van der Waals surface area contributed by atoms with Crippen LogP contribution in [0.3, 0.4) is 0 Å². The highest BCUT2D eigenvalue weighted by Gasteiger charge is 2.24. The van der Waals surface area contributed by atoms with E-state index in [9.17, 15) is 22.0 Å². The summed E-state index contributed by atoms with van der Waals surface area (Å²) in [5.74, 6) is -2.61. The van der Waals surface area contributed by atoms with Gasteiger partial charge in [0.25, 0.3) is 0 Å². The molecule has 1 amide bonds. The van der Waals surface area contributed by atoms with E-state index in [0.29, 0.717) is 5.76 Å². The molecule has 1 aromatic heterocycles. The average Bonchev–Trinajstić information content (AvgIpc) is 2.85. The Morgan fingerprint density at radius 1 is 1.30 bits per heavy atom. The summed E-state index contributed by atoms with van der Waals surface area (Å²) in [6.45, 7) is 0.974. The van der Waals surface area contributed by atoms with E-state index in [1.165, 1.54) is 6.07 Å². The molecule has 0 saturated heterocycles. The summed E-state index contributed by atoms with van der Waals surface area (Å²) in [6.07, 6.45) is 0.905. The van der Waals surface area contributed by atoms with Gasteiger partial charge in [-0.3, -0.25) is 4.79 Å². The highest BCUT2D eigenvalue weighted by molar-refractivity contribution is 7.92. The van der Waals surface area contributed by atoms with Crippen molar-refractivity contribution >= 4 is 27.4 Å². The second kappa shape index (κ2) is 6.32. The van der Waals surface area contributed by atoms with E-state index in [2.05, 4.69) is 10.5 Å². The molecular weight excluding hydrogens is 332 g/mol. The molecule has 10 heteroatoms. The van der Waals surface area contributed by atoms with Gasteiger partial charge in [-0.25, -0.2) is 21.5 Å². The molecule has 0 spiro atoms. The molecule has 1 aromatic carbocycles. The molecule has 1 N–H and O–H groups in total. The molecule has 124 valence electrons. The number of anilines is 2. The number of rotatable bonds is 5. The molecule has 0 fully saturated rings.